The average molecular weight is 498 g/mol. The predicted octanol–water partition coefficient (Wildman–Crippen LogP) is 3.78. The number of carbonyl (C=O) groups is 1. The van der Waals surface area contributed by atoms with Crippen LogP contribution in [0.4, 0.5) is 5.69 Å². The maximum atomic E-state index is 12.6. The van der Waals surface area contributed by atoms with E-state index in [9.17, 15) is 13.2 Å². The minimum atomic E-state index is -4.05. The Morgan fingerprint density at radius 2 is 1.69 bits per heavy atom. The molecule has 0 radical (unpaired) electrons. The number of amides is 1. The molecule has 0 bridgehead atoms. The first-order valence-corrected chi connectivity index (χ1v) is 13.1. The van der Waals surface area contributed by atoms with Crippen LogP contribution in [0.2, 0.25) is 0 Å². The second-order valence-corrected chi connectivity index (χ2v) is 10.2. The summed E-state index contributed by atoms with van der Waals surface area (Å²) in [5.41, 5.74) is 1.83. The van der Waals surface area contributed by atoms with Crippen LogP contribution in [0.25, 0.3) is 0 Å². The minimum Gasteiger partial charge on any atom is -0.494 e. The fourth-order valence-corrected chi connectivity index (χ4v) is 5.43. The van der Waals surface area contributed by atoms with Gasteiger partial charge in [0.05, 0.1) is 24.4 Å². The molecule has 0 aromatic heterocycles. The van der Waals surface area contributed by atoms with Gasteiger partial charge in [-0.05, 0) is 36.5 Å². The molecule has 4 rings (SSSR count). The van der Waals surface area contributed by atoms with Gasteiger partial charge < -0.3 is 20.3 Å². The predicted molar refractivity (Wildman–Crippen MR) is 137 cm³/mol. The standard InChI is InChI=1S/C25H31N5O4S/c1-30(2)25(31)19-15-10-16-20(22(19)34-3)26-23-24(29-35(32,33)28-23)27-21(17-11-6-4-7-12-17)18-13-8-5-9-14-18/h4,6-7,10-12,15-16,18,21H,5,8-9,13-14H2,1-3H3,(H,26,28)(H,27,29). The van der Waals surface area contributed by atoms with E-state index >= 15 is 0 Å². The molecule has 1 aliphatic heterocycles. The fraction of sp³-hybridized carbons (Fsp3) is 0.400. The third-order valence-corrected chi connectivity index (χ3v) is 7.15. The number of hydrogen-bond acceptors (Lipinski definition) is 6. The second-order valence-electron chi connectivity index (χ2n) is 8.97. The lowest BCUT2D eigenvalue weighted by molar-refractivity contribution is 0.0824. The molecule has 2 aromatic rings. The van der Waals surface area contributed by atoms with Crippen LogP contribution in [-0.4, -0.2) is 52.1 Å². The minimum absolute atomic E-state index is 0.0643. The first kappa shape index (κ1) is 24.7. The number of benzene rings is 2. The Bertz CT molecular complexity index is 1240. The smallest absolute Gasteiger partial charge is 0.367 e. The second kappa shape index (κ2) is 10.5. The van der Waals surface area contributed by atoms with Gasteiger partial charge in [-0.3, -0.25) is 4.79 Å². The van der Waals surface area contributed by atoms with E-state index in [1.165, 1.54) is 18.4 Å². The van der Waals surface area contributed by atoms with Crippen molar-refractivity contribution in [3.05, 3.63) is 59.7 Å². The molecule has 1 aliphatic carbocycles. The fourth-order valence-electron chi connectivity index (χ4n) is 4.66. The molecule has 1 fully saturated rings. The zero-order valence-corrected chi connectivity index (χ0v) is 21.0. The number of methoxy groups -OCH3 is 1. The molecular weight excluding hydrogens is 466 g/mol. The SMILES string of the molecule is COc1c(NC2=NS(=O)(=O)N=C2NC(c2ccccc2)C2CCCCC2)cccc1C(=O)N(C)C. The number of nitrogens with one attached hydrogen (secondary N) is 2. The highest BCUT2D eigenvalue weighted by atomic mass is 32.2. The van der Waals surface area contributed by atoms with Gasteiger partial charge >= 0.3 is 10.2 Å². The highest BCUT2D eigenvalue weighted by molar-refractivity contribution is 7.89. The van der Waals surface area contributed by atoms with Crippen LogP contribution in [-0.2, 0) is 10.2 Å². The molecule has 35 heavy (non-hydrogen) atoms. The van der Waals surface area contributed by atoms with E-state index in [0.717, 1.165) is 31.2 Å². The van der Waals surface area contributed by atoms with E-state index in [0.29, 0.717) is 22.9 Å². The number of hydrogen-bond donors (Lipinski definition) is 2. The maximum absolute atomic E-state index is 12.6. The number of ether oxygens (including phenoxy) is 1. The lowest BCUT2D eigenvalue weighted by Gasteiger charge is -2.32. The number of nitrogens with zero attached hydrogens (tertiary/aromatic N) is 3. The molecule has 10 heteroatoms. The van der Waals surface area contributed by atoms with Crippen molar-refractivity contribution in [1.82, 2.24) is 10.2 Å². The summed E-state index contributed by atoms with van der Waals surface area (Å²) in [6.07, 6.45) is 5.60. The summed E-state index contributed by atoms with van der Waals surface area (Å²) in [6.45, 7) is 0. The monoisotopic (exact) mass is 497 g/mol. The van der Waals surface area contributed by atoms with Crippen molar-refractivity contribution < 1.29 is 17.9 Å². The summed E-state index contributed by atoms with van der Waals surface area (Å²) in [5.74, 6) is 0.615. The van der Waals surface area contributed by atoms with Gasteiger partial charge in [-0.2, -0.15) is 8.42 Å². The van der Waals surface area contributed by atoms with Crippen molar-refractivity contribution in [2.45, 2.75) is 38.1 Å². The normalized spacial score (nSPS) is 18.3. The third kappa shape index (κ3) is 5.64. The lowest BCUT2D eigenvalue weighted by atomic mass is 9.81. The zero-order chi connectivity index (χ0) is 25.0. The molecule has 0 spiro atoms. The Morgan fingerprint density at radius 3 is 2.34 bits per heavy atom. The van der Waals surface area contributed by atoms with Gasteiger partial charge in [-0.15, -0.1) is 8.80 Å². The first-order valence-electron chi connectivity index (χ1n) is 11.7. The first-order chi connectivity index (χ1) is 16.8. The Hall–Kier alpha value is -3.40. The molecule has 1 unspecified atom stereocenters. The van der Waals surface area contributed by atoms with Crippen molar-refractivity contribution >= 4 is 33.5 Å². The molecule has 1 heterocycles. The summed E-state index contributed by atoms with van der Waals surface area (Å²) in [5, 5.41) is 6.42. The molecular formula is C25H31N5O4S. The van der Waals surface area contributed by atoms with E-state index in [-0.39, 0.29) is 23.6 Å². The Morgan fingerprint density at radius 1 is 1.00 bits per heavy atom. The largest absolute Gasteiger partial charge is 0.494 e. The van der Waals surface area contributed by atoms with Crippen molar-refractivity contribution in [1.29, 1.82) is 0 Å². The number of anilines is 1. The average Bonchev–Trinajstić information content (AvgIpc) is 3.15. The van der Waals surface area contributed by atoms with E-state index in [4.69, 9.17) is 4.74 Å². The van der Waals surface area contributed by atoms with Gasteiger partial charge in [0.15, 0.2) is 17.4 Å². The molecule has 1 amide bonds. The Balaban J connectivity index is 1.66. The summed E-state index contributed by atoms with van der Waals surface area (Å²) in [7, 11) is 0.716. The van der Waals surface area contributed by atoms with Gasteiger partial charge in [0.2, 0.25) is 0 Å². The van der Waals surface area contributed by atoms with Crippen molar-refractivity contribution in [2.75, 3.05) is 26.5 Å². The molecule has 1 saturated carbocycles. The van der Waals surface area contributed by atoms with Crippen molar-refractivity contribution in [3.63, 3.8) is 0 Å². The summed E-state index contributed by atoms with van der Waals surface area (Å²) in [4.78, 5) is 14.1. The van der Waals surface area contributed by atoms with Gasteiger partial charge in [0, 0.05) is 14.1 Å². The number of carbonyl (C=O) groups excluding carboxylic acids is 1. The van der Waals surface area contributed by atoms with Crippen LogP contribution in [0.5, 0.6) is 5.75 Å². The molecule has 186 valence electrons. The van der Waals surface area contributed by atoms with Crippen LogP contribution in [0, 0.1) is 5.92 Å². The van der Waals surface area contributed by atoms with E-state index in [2.05, 4.69) is 19.4 Å². The summed E-state index contributed by atoms with van der Waals surface area (Å²) in [6, 6.07) is 14.9. The van der Waals surface area contributed by atoms with Crippen LogP contribution >= 0.6 is 0 Å². The highest BCUT2D eigenvalue weighted by Crippen LogP contribution is 2.35. The van der Waals surface area contributed by atoms with Gasteiger partial charge in [-0.25, -0.2) is 0 Å². The number of amidine groups is 2. The topological polar surface area (TPSA) is 112 Å². The van der Waals surface area contributed by atoms with E-state index in [1.807, 2.05) is 30.3 Å². The quantitative estimate of drug-likeness (QED) is 0.628. The highest BCUT2D eigenvalue weighted by Gasteiger charge is 2.32. The molecule has 0 saturated heterocycles. The van der Waals surface area contributed by atoms with Crippen molar-refractivity contribution in [2.24, 2.45) is 14.7 Å². The van der Waals surface area contributed by atoms with Crippen LogP contribution in [0.15, 0.2) is 57.3 Å². The lowest BCUT2D eigenvalue weighted by Crippen LogP contribution is -2.40. The molecule has 1 atom stereocenters. The van der Waals surface area contributed by atoms with Gasteiger partial charge in [0.1, 0.15) is 0 Å². The van der Waals surface area contributed by atoms with E-state index < -0.39 is 10.2 Å². The molecule has 2 aromatic carbocycles. The number of rotatable bonds is 6. The summed E-state index contributed by atoms with van der Waals surface area (Å²) < 4.78 is 38.1. The molecule has 2 N–H and O–H groups in total. The van der Waals surface area contributed by atoms with Crippen LogP contribution in [0.1, 0.15) is 54.1 Å². The van der Waals surface area contributed by atoms with Crippen LogP contribution in [0.3, 0.4) is 0 Å². The van der Waals surface area contributed by atoms with E-state index in [1.54, 1.807) is 32.3 Å². The van der Waals surface area contributed by atoms with Crippen LogP contribution < -0.4 is 15.4 Å². The maximum Gasteiger partial charge on any atom is 0.367 e. The summed E-state index contributed by atoms with van der Waals surface area (Å²) >= 11 is 0. The van der Waals surface area contributed by atoms with Crippen molar-refractivity contribution in [3.8, 4) is 5.75 Å². The molecule has 2 aliphatic rings. The number of para-hydroxylation sites is 1. The third-order valence-electron chi connectivity index (χ3n) is 6.32. The Kier molecular flexibility index (Phi) is 7.39. The van der Waals surface area contributed by atoms with Gasteiger partial charge in [-0.1, -0.05) is 55.7 Å². The zero-order valence-electron chi connectivity index (χ0n) is 20.2. The Labute approximate surface area is 206 Å². The molecule has 9 nitrogen and oxygen atoms in total. The van der Waals surface area contributed by atoms with Gasteiger partial charge in [0.25, 0.3) is 5.91 Å².